The molecule has 0 aliphatic carbocycles. The molecule has 0 bridgehead atoms. The number of benzene rings is 1. The number of imide groups is 1. The number of rotatable bonds is 9. The lowest BCUT2D eigenvalue weighted by molar-refractivity contribution is -0.135. The third-order valence-corrected chi connectivity index (χ3v) is 5.17. The van der Waals surface area contributed by atoms with Gasteiger partial charge in [0.2, 0.25) is 5.91 Å². The van der Waals surface area contributed by atoms with Gasteiger partial charge in [-0.2, -0.15) is 0 Å². The summed E-state index contributed by atoms with van der Waals surface area (Å²) in [5.41, 5.74) is -0.770. The molecule has 0 aromatic heterocycles. The molecule has 28 heavy (non-hydrogen) atoms. The summed E-state index contributed by atoms with van der Waals surface area (Å²) in [5.74, 6) is -0.669. The number of carbonyl (C=O) groups is 3. The quantitative estimate of drug-likeness (QED) is 0.634. The van der Waals surface area contributed by atoms with E-state index in [-0.39, 0.29) is 18.5 Å². The van der Waals surface area contributed by atoms with Gasteiger partial charge in [-0.25, -0.2) is 9.18 Å². The molecule has 0 unspecified atom stereocenters. The van der Waals surface area contributed by atoms with Crippen molar-refractivity contribution in [3.05, 3.63) is 35.6 Å². The van der Waals surface area contributed by atoms with E-state index in [1.54, 1.807) is 6.92 Å². The minimum absolute atomic E-state index is 0.0277. The second-order valence-corrected chi connectivity index (χ2v) is 7.88. The smallest absolute Gasteiger partial charge is 0.325 e. The Balaban J connectivity index is 2.02. The molecule has 2 rings (SSSR count). The lowest BCUT2D eigenvalue weighted by atomic mass is 9.87. The van der Waals surface area contributed by atoms with Gasteiger partial charge in [0.25, 0.3) is 5.91 Å². The Hall–Kier alpha value is -2.44. The van der Waals surface area contributed by atoms with Crippen LogP contribution in [-0.2, 0) is 15.1 Å². The number of amides is 4. The summed E-state index contributed by atoms with van der Waals surface area (Å²) < 4.78 is 13.2. The van der Waals surface area contributed by atoms with Crippen molar-refractivity contribution in [2.75, 3.05) is 6.54 Å². The summed E-state index contributed by atoms with van der Waals surface area (Å²) in [4.78, 5) is 38.7. The molecule has 6 nitrogen and oxygen atoms in total. The molecule has 1 aliphatic heterocycles. The molecular formula is C21H30FN3O3. The van der Waals surface area contributed by atoms with E-state index in [1.165, 1.54) is 24.3 Å². The van der Waals surface area contributed by atoms with Crippen LogP contribution in [0, 0.1) is 11.7 Å². The van der Waals surface area contributed by atoms with Gasteiger partial charge < -0.3 is 10.6 Å². The van der Waals surface area contributed by atoms with Crippen molar-refractivity contribution in [3.63, 3.8) is 0 Å². The van der Waals surface area contributed by atoms with E-state index in [0.29, 0.717) is 17.9 Å². The van der Waals surface area contributed by atoms with Crippen LogP contribution in [0.3, 0.4) is 0 Å². The number of nitrogens with zero attached hydrogens (tertiary/aromatic N) is 1. The van der Waals surface area contributed by atoms with Gasteiger partial charge in [-0.15, -0.1) is 0 Å². The van der Waals surface area contributed by atoms with Crippen LogP contribution in [-0.4, -0.2) is 35.3 Å². The molecule has 7 heteroatoms. The zero-order valence-electron chi connectivity index (χ0n) is 17.0. The number of hydrogen-bond acceptors (Lipinski definition) is 3. The average Bonchev–Trinajstić information content (AvgIpc) is 2.87. The summed E-state index contributed by atoms with van der Waals surface area (Å²) in [6.45, 7) is 7.66. The van der Waals surface area contributed by atoms with Crippen molar-refractivity contribution >= 4 is 17.8 Å². The van der Waals surface area contributed by atoms with Crippen molar-refractivity contribution in [3.8, 4) is 0 Å². The highest BCUT2D eigenvalue weighted by molar-refractivity contribution is 6.09. The first-order valence-electron chi connectivity index (χ1n) is 9.89. The van der Waals surface area contributed by atoms with Crippen molar-refractivity contribution in [2.45, 2.75) is 65.0 Å². The zero-order chi connectivity index (χ0) is 20.9. The Kier molecular flexibility index (Phi) is 7.16. The van der Waals surface area contributed by atoms with Crippen LogP contribution in [0.1, 0.15) is 58.9 Å². The van der Waals surface area contributed by atoms with Crippen LogP contribution in [0.4, 0.5) is 9.18 Å². The highest BCUT2D eigenvalue weighted by atomic mass is 19.1. The SMILES string of the molecule is CC[C@]1(c2ccc(F)cc2)NC(=O)N(CC(=O)N[C@H](C)CCCC(C)C)C1=O. The minimum Gasteiger partial charge on any atom is -0.352 e. The molecule has 2 atom stereocenters. The molecule has 0 spiro atoms. The van der Waals surface area contributed by atoms with Crippen LogP contribution >= 0.6 is 0 Å². The predicted octanol–water partition coefficient (Wildman–Crippen LogP) is 3.31. The van der Waals surface area contributed by atoms with E-state index in [0.717, 1.165) is 24.2 Å². The van der Waals surface area contributed by atoms with Crippen LogP contribution < -0.4 is 10.6 Å². The molecule has 1 heterocycles. The maximum absolute atomic E-state index is 13.2. The maximum Gasteiger partial charge on any atom is 0.325 e. The largest absolute Gasteiger partial charge is 0.352 e. The Labute approximate surface area is 165 Å². The molecule has 154 valence electrons. The fourth-order valence-electron chi connectivity index (χ4n) is 3.51. The van der Waals surface area contributed by atoms with E-state index < -0.39 is 23.3 Å². The van der Waals surface area contributed by atoms with E-state index in [2.05, 4.69) is 24.5 Å². The third-order valence-electron chi connectivity index (χ3n) is 5.17. The van der Waals surface area contributed by atoms with Gasteiger partial charge in [0, 0.05) is 6.04 Å². The Bertz CT molecular complexity index is 720. The zero-order valence-corrected chi connectivity index (χ0v) is 17.0. The molecule has 1 aliphatic rings. The van der Waals surface area contributed by atoms with Crippen LogP contribution in [0.5, 0.6) is 0 Å². The normalized spacial score (nSPS) is 20.4. The molecule has 2 N–H and O–H groups in total. The van der Waals surface area contributed by atoms with Crippen molar-refractivity contribution < 1.29 is 18.8 Å². The fourth-order valence-corrected chi connectivity index (χ4v) is 3.51. The first-order chi connectivity index (χ1) is 13.2. The second kappa shape index (κ2) is 9.17. The molecule has 0 saturated carbocycles. The molecule has 4 amide bonds. The van der Waals surface area contributed by atoms with Crippen LogP contribution in [0.25, 0.3) is 0 Å². The molecule has 0 radical (unpaired) electrons. The van der Waals surface area contributed by atoms with Gasteiger partial charge in [0.15, 0.2) is 0 Å². The third kappa shape index (κ3) is 4.88. The fraction of sp³-hybridized carbons (Fsp3) is 0.571. The molecule has 1 aromatic rings. The molecular weight excluding hydrogens is 361 g/mol. The van der Waals surface area contributed by atoms with Gasteiger partial charge in [0.1, 0.15) is 17.9 Å². The first kappa shape index (κ1) is 21.9. The Morgan fingerprint density at radius 2 is 1.82 bits per heavy atom. The molecule has 1 aromatic carbocycles. The van der Waals surface area contributed by atoms with E-state index in [4.69, 9.17) is 0 Å². The van der Waals surface area contributed by atoms with Gasteiger partial charge >= 0.3 is 6.03 Å². The van der Waals surface area contributed by atoms with Gasteiger partial charge in [-0.05, 0) is 43.4 Å². The lowest BCUT2D eigenvalue weighted by Gasteiger charge is -2.25. The number of carbonyl (C=O) groups excluding carboxylic acids is 3. The number of urea groups is 1. The van der Waals surface area contributed by atoms with Crippen LogP contribution in [0.2, 0.25) is 0 Å². The molecule has 1 fully saturated rings. The topological polar surface area (TPSA) is 78.5 Å². The van der Waals surface area contributed by atoms with Gasteiger partial charge in [-0.3, -0.25) is 14.5 Å². The summed E-state index contributed by atoms with van der Waals surface area (Å²) in [6, 6.07) is 4.83. The van der Waals surface area contributed by atoms with E-state index in [9.17, 15) is 18.8 Å². The van der Waals surface area contributed by atoms with Crippen molar-refractivity contribution in [1.29, 1.82) is 0 Å². The number of nitrogens with one attached hydrogen (secondary N) is 2. The average molecular weight is 391 g/mol. The highest BCUT2D eigenvalue weighted by Gasteiger charge is 2.51. The monoisotopic (exact) mass is 391 g/mol. The van der Waals surface area contributed by atoms with E-state index in [1.807, 2.05) is 6.92 Å². The summed E-state index contributed by atoms with van der Waals surface area (Å²) in [5, 5.41) is 5.54. The standard InChI is InChI=1S/C21H30FN3O3/c1-5-21(16-9-11-17(22)12-10-16)19(27)25(20(28)24-21)13-18(26)23-15(4)8-6-7-14(2)3/h9-12,14-15H,5-8,13H2,1-4H3,(H,23,26)(H,24,28)/t15-,21-/m1/s1. The van der Waals surface area contributed by atoms with Crippen LogP contribution in [0.15, 0.2) is 24.3 Å². The Morgan fingerprint density at radius 3 is 2.39 bits per heavy atom. The second-order valence-electron chi connectivity index (χ2n) is 7.88. The van der Waals surface area contributed by atoms with Crippen molar-refractivity contribution in [1.82, 2.24) is 15.5 Å². The molecule has 1 saturated heterocycles. The minimum atomic E-state index is -1.27. The maximum atomic E-state index is 13.2. The first-order valence-corrected chi connectivity index (χ1v) is 9.89. The lowest BCUT2D eigenvalue weighted by Crippen LogP contribution is -2.45. The van der Waals surface area contributed by atoms with Gasteiger partial charge in [0.05, 0.1) is 0 Å². The summed E-state index contributed by atoms with van der Waals surface area (Å²) in [7, 11) is 0. The Morgan fingerprint density at radius 1 is 1.18 bits per heavy atom. The van der Waals surface area contributed by atoms with E-state index >= 15 is 0 Å². The predicted molar refractivity (Wildman–Crippen MR) is 105 cm³/mol. The summed E-state index contributed by atoms with van der Waals surface area (Å²) >= 11 is 0. The van der Waals surface area contributed by atoms with Gasteiger partial charge in [-0.1, -0.05) is 45.7 Å². The van der Waals surface area contributed by atoms with Crippen molar-refractivity contribution in [2.24, 2.45) is 5.92 Å². The summed E-state index contributed by atoms with van der Waals surface area (Å²) in [6.07, 6.45) is 3.24. The number of hydrogen-bond donors (Lipinski definition) is 2. The highest BCUT2D eigenvalue weighted by Crippen LogP contribution is 2.32. The number of halogens is 1.